The van der Waals surface area contributed by atoms with Gasteiger partial charge in [-0.2, -0.15) is 0 Å². The van der Waals surface area contributed by atoms with E-state index in [1.54, 1.807) is 24.3 Å². The van der Waals surface area contributed by atoms with E-state index in [0.717, 1.165) is 4.47 Å². The summed E-state index contributed by atoms with van der Waals surface area (Å²) in [5.41, 5.74) is 0.386. The quantitative estimate of drug-likeness (QED) is 0.464. The van der Waals surface area contributed by atoms with Crippen LogP contribution in [0.5, 0.6) is 5.75 Å². The fourth-order valence-electron chi connectivity index (χ4n) is 2.06. The van der Waals surface area contributed by atoms with E-state index in [0.29, 0.717) is 12.4 Å². The van der Waals surface area contributed by atoms with E-state index in [9.17, 15) is 9.59 Å². The van der Waals surface area contributed by atoms with Crippen molar-refractivity contribution in [3.8, 4) is 5.75 Å². The van der Waals surface area contributed by atoms with Crippen molar-refractivity contribution in [3.05, 3.63) is 64.1 Å². The van der Waals surface area contributed by atoms with Gasteiger partial charge in [-0.1, -0.05) is 41.9 Å². The highest BCUT2D eigenvalue weighted by Gasteiger charge is 2.19. The Hall–Kier alpha value is -2.34. The lowest BCUT2D eigenvalue weighted by molar-refractivity contribution is 0.0408. The number of benzene rings is 2. The van der Waals surface area contributed by atoms with Crippen LogP contribution in [0.2, 0.25) is 0 Å². The van der Waals surface area contributed by atoms with Crippen LogP contribution in [0.25, 0.3) is 0 Å². The summed E-state index contributed by atoms with van der Waals surface area (Å²) in [4.78, 5) is 24.4. The molecule has 0 bridgehead atoms. The Morgan fingerprint density at radius 1 is 0.885 bits per heavy atom. The van der Waals surface area contributed by atoms with E-state index in [4.69, 9.17) is 14.2 Å². The minimum atomic E-state index is -0.582. The number of carbonyl (C=O) groups excluding carboxylic acids is 2. The van der Waals surface area contributed by atoms with Crippen LogP contribution in [-0.2, 0) is 9.47 Å². The Balaban J connectivity index is 1.88. The van der Waals surface area contributed by atoms with Crippen molar-refractivity contribution >= 4 is 27.9 Å². The van der Waals surface area contributed by atoms with Crippen LogP contribution in [0, 0.1) is 5.92 Å². The summed E-state index contributed by atoms with van der Waals surface area (Å²) in [6.07, 6.45) is 0. The van der Waals surface area contributed by atoms with Crippen molar-refractivity contribution in [1.82, 2.24) is 0 Å². The number of carbonyl (C=O) groups is 2. The third-order valence-corrected chi connectivity index (χ3v) is 3.84. The Labute approximate surface area is 161 Å². The normalized spacial score (nSPS) is 10.5. The summed E-state index contributed by atoms with van der Waals surface area (Å²) in [7, 11) is 0. The van der Waals surface area contributed by atoms with Crippen molar-refractivity contribution in [2.75, 3.05) is 19.8 Å². The molecule has 138 valence electrons. The first-order valence-corrected chi connectivity index (χ1v) is 9.08. The summed E-state index contributed by atoms with van der Waals surface area (Å²) in [6.45, 7) is 4.47. The molecule has 0 aliphatic heterocycles. The van der Waals surface area contributed by atoms with Crippen LogP contribution in [0.4, 0.5) is 0 Å². The second-order valence-electron chi connectivity index (χ2n) is 5.98. The molecule has 2 aromatic rings. The molecule has 2 rings (SSSR count). The topological polar surface area (TPSA) is 61.8 Å². The molecule has 0 saturated heterocycles. The third-order valence-electron chi connectivity index (χ3n) is 3.31. The predicted octanol–water partition coefficient (Wildman–Crippen LogP) is 4.50. The number of halogens is 1. The maximum absolute atomic E-state index is 12.3. The molecule has 0 heterocycles. The number of hydrogen-bond donors (Lipinski definition) is 0. The average Bonchev–Trinajstić information content (AvgIpc) is 2.64. The van der Waals surface area contributed by atoms with E-state index in [-0.39, 0.29) is 30.3 Å². The maximum atomic E-state index is 12.3. The first-order valence-electron chi connectivity index (χ1n) is 8.29. The van der Waals surface area contributed by atoms with Crippen LogP contribution < -0.4 is 4.74 Å². The van der Waals surface area contributed by atoms with Gasteiger partial charge in [-0.25, -0.2) is 9.59 Å². The molecule has 0 spiro atoms. The van der Waals surface area contributed by atoms with Crippen molar-refractivity contribution in [3.63, 3.8) is 0 Å². The Bertz CT molecular complexity index is 740. The van der Waals surface area contributed by atoms with Gasteiger partial charge in [0.05, 0.1) is 17.7 Å². The van der Waals surface area contributed by atoms with Gasteiger partial charge in [0.15, 0.2) is 0 Å². The Morgan fingerprint density at radius 3 is 2.04 bits per heavy atom. The number of esters is 2. The number of rotatable bonds is 8. The van der Waals surface area contributed by atoms with Crippen molar-refractivity contribution in [2.45, 2.75) is 13.8 Å². The lowest BCUT2D eigenvalue weighted by atomic mass is 10.1. The Kier molecular flexibility index (Phi) is 7.66. The van der Waals surface area contributed by atoms with Gasteiger partial charge < -0.3 is 14.2 Å². The van der Waals surface area contributed by atoms with Gasteiger partial charge in [0.2, 0.25) is 0 Å². The number of hydrogen-bond acceptors (Lipinski definition) is 5. The maximum Gasteiger partial charge on any atom is 0.339 e. The monoisotopic (exact) mass is 420 g/mol. The molecule has 0 aromatic heterocycles. The van der Waals surface area contributed by atoms with Crippen molar-refractivity contribution in [1.29, 1.82) is 0 Å². The summed E-state index contributed by atoms with van der Waals surface area (Å²) < 4.78 is 16.9. The fraction of sp³-hybridized carbons (Fsp3) is 0.300. The van der Waals surface area contributed by atoms with Gasteiger partial charge in [-0.15, -0.1) is 0 Å². The fourth-order valence-corrected chi connectivity index (χ4v) is 2.33. The zero-order valence-corrected chi connectivity index (χ0v) is 16.3. The smallest absolute Gasteiger partial charge is 0.339 e. The molecule has 0 amide bonds. The van der Waals surface area contributed by atoms with Crippen LogP contribution in [0.15, 0.2) is 53.0 Å². The largest absolute Gasteiger partial charge is 0.490 e. The lowest BCUT2D eigenvalue weighted by Gasteiger charge is -2.11. The molecule has 0 saturated carbocycles. The van der Waals surface area contributed by atoms with Gasteiger partial charge in [0.25, 0.3) is 0 Å². The second kappa shape index (κ2) is 9.97. The van der Waals surface area contributed by atoms with Gasteiger partial charge in [-0.3, -0.25) is 0 Å². The van der Waals surface area contributed by atoms with E-state index in [2.05, 4.69) is 15.9 Å². The van der Waals surface area contributed by atoms with Crippen LogP contribution in [0.1, 0.15) is 34.6 Å². The first kappa shape index (κ1) is 20.0. The molecular formula is C20H21BrO5. The van der Waals surface area contributed by atoms with E-state index >= 15 is 0 Å². The molecule has 0 atom stereocenters. The van der Waals surface area contributed by atoms with Crippen LogP contribution >= 0.6 is 15.9 Å². The molecule has 0 fully saturated rings. The standard InChI is InChI=1S/C20H21BrO5/c1-14(2)13-26-20(23)18-6-4-3-5-17(18)19(22)25-12-11-24-16-9-7-15(21)8-10-16/h3-10,14H,11-13H2,1-2H3. The summed E-state index contributed by atoms with van der Waals surface area (Å²) in [5, 5.41) is 0. The molecule has 26 heavy (non-hydrogen) atoms. The van der Waals surface area contributed by atoms with Crippen LogP contribution in [-0.4, -0.2) is 31.8 Å². The summed E-state index contributed by atoms with van der Waals surface area (Å²) >= 11 is 3.35. The molecule has 6 heteroatoms. The van der Waals surface area contributed by atoms with Crippen molar-refractivity contribution < 1.29 is 23.8 Å². The van der Waals surface area contributed by atoms with E-state index in [1.807, 2.05) is 38.1 Å². The third kappa shape index (κ3) is 6.19. The van der Waals surface area contributed by atoms with E-state index in [1.165, 1.54) is 0 Å². The molecule has 0 N–H and O–H groups in total. The highest BCUT2D eigenvalue weighted by atomic mass is 79.9. The molecule has 0 aliphatic rings. The summed E-state index contributed by atoms with van der Waals surface area (Å²) in [6, 6.07) is 13.8. The molecular weight excluding hydrogens is 400 g/mol. The van der Waals surface area contributed by atoms with E-state index < -0.39 is 11.9 Å². The summed E-state index contributed by atoms with van der Waals surface area (Å²) in [5.74, 6) is -0.213. The predicted molar refractivity (Wildman–Crippen MR) is 101 cm³/mol. The SMILES string of the molecule is CC(C)COC(=O)c1ccccc1C(=O)OCCOc1ccc(Br)cc1. The minimum Gasteiger partial charge on any atom is -0.490 e. The highest BCUT2D eigenvalue weighted by molar-refractivity contribution is 9.10. The number of ether oxygens (including phenoxy) is 3. The van der Waals surface area contributed by atoms with Gasteiger partial charge in [-0.05, 0) is 42.3 Å². The molecule has 0 unspecified atom stereocenters. The highest BCUT2D eigenvalue weighted by Crippen LogP contribution is 2.16. The zero-order chi connectivity index (χ0) is 18.9. The van der Waals surface area contributed by atoms with Crippen LogP contribution in [0.3, 0.4) is 0 Å². The Morgan fingerprint density at radius 2 is 1.46 bits per heavy atom. The second-order valence-corrected chi connectivity index (χ2v) is 6.89. The van der Waals surface area contributed by atoms with Gasteiger partial charge in [0.1, 0.15) is 19.0 Å². The molecule has 5 nitrogen and oxygen atoms in total. The lowest BCUT2D eigenvalue weighted by Crippen LogP contribution is -2.17. The molecule has 2 aromatic carbocycles. The van der Waals surface area contributed by atoms with Gasteiger partial charge >= 0.3 is 11.9 Å². The van der Waals surface area contributed by atoms with Crippen molar-refractivity contribution in [2.24, 2.45) is 5.92 Å². The zero-order valence-electron chi connectivity index (χ0n) is 14.7. The molecule has 0 aliphatic carbocycles. The molecule has 0 radical (unpaired) electrons. The average molecular weight is 421 g/mol. The first-order chi connectivity index (χ1) is 12.5. The minimum absolute atomic E-state index is 0.0737. The van der Waals surface area contributed by atoms with Gasteiger partial charge in [0, 0.05) is 4.47 Å².